The van der Waals surface area contributed by atoms with Gasteiger partial charge in [0.2, 0.25) is 0 Å². The van der Waals surface area contributed by atoms with Gasteiger partial charge >= 0.3 is 39.0 Å². The summed E-state index contributed by atoms with van der Waals surface area (Å²) in [5.74, 6) is 0.382. The van der Waals surface area contributed by atoms with Gasteiger partial charge in [-0.2, -0.15) is 0 Å². The van der Waals surface area contributed by atoms with Crippen LogP contribution < -0.4 is 19.9 Å². The van der Waals surface area contributed by atoms with Gasteiger partial charge in [0, 0.05) is 0 Å². The average Bonchev–Trinajstić information content (AvgIpc) is 4.39. The molecule has 80 heavy (non-hydrogen) atoms. The third kappa shape index (κ3) is 9.88. The summed E-state index contributed by atoms with van der Waals surface area (Å²) >= 11 is 0. The first kappa shape index (κ1) is 54.1. The number of rotatable bonds is 10. The van der Waals surface area contributed by atoms with E-state index in [2.05, 4.69) is 218 Å². The second-order valence-corrected chi connectivity index (χ2v) is 20.8. The minimum Gasteiger partial charge on any atom is -0.657 e. The van der Waals surface area contributed by atoms with E-state index in [1.807, 2.05) is 6.07 Å². The second-order valence-electron chi connectivity index (χ2n) is 20.8. The van der Waals surface area contributed by atoms with Crippen molar-refractivity contribution < 1.29 is 39.0 Å². The Hall–Kier alpha value is -7.89. The Bertz CT molecular complexity index is 4280. The van der Waals surface area contributed by atoms with Gasteiger partial charge in [-0.05, 0) is 156 Å². The predicted octanol–water partition coefficient (Wildman–Crippen LogP) is 17.2. The van der Waals surface area contributed by atoms with E-state index in [1.54, 1.807) is 0 Å². The number of fused-ring (bicyclic) bond motifs is 16. The molecule has 6 aromatic heterocycles. The van der Waals surface area contributed by atoms with Gasteiger partial charge in [0.05, 0.1) is 45.6 Å². The van der Waals surface area contributed by atoms with Crippen molar-refractivity contribution in [3.8, 4) is 44.5 Å². The zero-order chi connectivity index (χ0) is 53.0. The number of aryl methyl sites for hydroxylation is 2. The second kappa shape index (κ2) is 22.7. The van der Waals surface area contributed by atoms with Gasteiger partial charge in [0.15, 0.2) is 0 Å². The predicted molar refractivity (Wildman–Crippen MR) is 325 cm³/mol. The maximum Gasteiger partial charge on any atom is 2.00 e. The first-order valence-electron chi connectivity index (χ1n) is 27.5. The van der Waals surface area contributed by atoms with Crippen LogP contribution in [0.2, 0.25) is 0 Å². The van der Waals surface area contributed by atoms with E-state index in [0.29, 0.717) is 0 Å². The molecule has 9 aromatic rings. The largest absolute Gasteiger partial charge is 2.00 e. The standard InChI is InChI=1S/C70H58N8.2Zn/c1-7-43(8-2)64-52-28-30-56(73-52)66(45-14-12-11-13-15-45)57-31-29-53(74-57)65(44(9-3)10-4)55-33-37-61(76-55)69(60-36-32-54(64)75-60)70-62-38-34-58(77-62)67(46-20-16-41(5)17-21-46)50-26-24-48(71-50)40-49-25-27-51(72-49)68(59-35-39-63(70)78-59)47-22-18-42(6)19-23-47;;/h11-40,43-44H,7-10H2,1-6H3;;/q-4;2*+2. The van der Waals surface area contributed by atoms with E-state index >= 15 is 0 Å². The summed E-state index contributed by atoms with van der Waals surface area (Å²) in [4.78, 5) is 44.4. The van der Waals surface area contributed by atoms with E-state index in [-0.39, 0.29) is 50.8 Å². The molecule has 3 aromatic carbocycles. The first-order valence-corrected chi connectivity index (χ1v) is 27.5. The quantitative estimate of drug-likeness (QED) is 0.125. The van der Waals surface area contributed by atoms with Gasteiger partial charge in [0.1, 0.15) is 0 Å². The normalized spacial score (nSPS) is 12.4. The molecular weight excluding hydrogens is 1080 g/mol. The van der Waals surface area contributed by atoms with Crippen molar-refractivity contribution in [2.24, 2.45) is 0 Å². The van der Waals surface area contributed by atoms with Crippen LogP contribution in [0, 0.1) is 13.8 Å². The molecule has 4 aliphatic heterocycles. The van der Waals surface area contributed by atoms with E-state index in [9.17, 15) is 0 Å². The molecule has 0 unspecified atom stereocenters. The smallest absolute Gasteiger partial charge is 0.657 e. The first-order chi connectivity index (χ1) is 38.2. The van der Waals surface area contributed by atoms with Crippen molar-refractivity contribution in [2.75, 3.05) is 0 Å². The molecule has 0 N–H and O–H groups in total. The van der Waals surface area contributed by atoms with Crippen molar-refractivity contribution in [1.82, 2.24) is 39.9 Å². The van der Waals surface area contributed by atoms with Gasteiger partial charge in [-0.1, -0.05) is 172 Å². The van der Waals surface area contributed by atoms with Crippen LogP contribution >= 0.6 is 0 Å². The molecule has 0 saturated carbocycles. The van der Waals surface area contributed by atoms with Crippen LogP contribution in [0.1, 0.15) is 133 Å². The Labute approximate surface area is 493 Å². The van der Waals surface area contributed by atoms with Gasteiger partial charge in [-0.25, -0.2) is 19.9 Å². The van der Waals surface area contributed by atoms with Gasteiger partial charge in [-0.3, -0.25) is 0 Å². The third-order valence-corrected chi connectivity index (χ3v) is 15.9. The summed E-state index contributed by atoms with van der Waals surface area (Å²) in [5.41, 5.74) is 25.5. The molecule has 382 valence electrons. The molecule has 10 heteroatoms. The molecule has 0 spiro atoms. The Kier molecular flexibility index (Phi) is 15.3. The van der Waals surface area contributed by atoms with Crippen LogP contribution in [0.15, 0.2) is 133 Å². The zero-order valence-electron chi connectivity index (χ0n) is 46.3. The van der Waals surface area contributed by atoms with Crippen LogP contribution in [-0.4, -0.2) is 19.9 Å². The zero-order valence-corrected chi connectivity index (χ0v) is 52.2. The van der Waals surface area contributed by atoms with Gasteiger partial charge in [-0.15, -0.1) is 44.1 Å². The summed E-state index contributed by atoms with van der Waals surface area (Å²) < 4.78 is 0. The minimum absolute atomic E-state index is 0. The number of hydrogen-bond donors (Lipinski definition) is 0. The molecule has 0 aliphatic carbocycles. The maximum absolute atomic E-state index is 5.74. The molecule has 8 nitrogen and oxygen atoms in total. The van der Waals surface area contributed by atoms with Crippen LogP contribution in [0.3, 0.4) is 0 Å². The van der Waals surface area contributed by atoms with Crippen LogP contribution in [0.25, 0.3) is 137 Å². The van der Waals surface area contributed by atoms with Crippen molar-refractivity contribution in [2.45, 2.75) is 79.1 Å². The maximum atomic E-state index is 5.74. The fourth-order valence-corrected chi connectivity index (χ4v) is 11.8. The van der Waals surface area contributed by atoms with Crippen LogP contribution in [-0.2, 0) is 39.0 Å². The van der Waals surface area contributed by atoms with Crippen LogP contribution in [0.5, 0.6) is 0 Å². The molecule has 13 rings (SSSR count). The van der Waals surface area contributed by atoms with Crippen LogP contribution in [0.4, 0.5) is 0 Å². The minimum atomic E-state index is 0. The number of aromatic nitrogens is 8. The number of hydrogen-bond acceptors (Lipinski definition) is 4. The summed E-state index contributed by atoms with van der Waals surface area (Å²) in [7, 11) is 0. The average molecular weight is 1140 g/mol. The fourth-order valence-electron chi connectivity index (χ4n) is 11.8. The van der Waals surface area contributed by atoms with Crippen molar-refractivity contribution in [3.63, 3.8) is 0 Å². The molecule has 0 amide bonds. The SMILES string of the molecule is CCC(CC)c1c2nc(c(-c3c4nc(c(-c5ccc(C)cc5)c5ccc(cc6nc(c(-c7ccc(C)cc7)c7ccc3[n-]7)C=C6)[n-]5)C=C4)c3ccc([n-]3)c(C(CC)CC)c3nc(c(-c4ccccc4)c4ccc1[n-]4)C=C3)C=C2.[Zn+2].[Zn+2]. The van der Waals surface area contributed by atoms with Crippen molar-refractivity contribution in [1.29, 1.82) is 0 Å². The van der Waals surface area contributed by atoms with E-state index in [4.69, 9.17) is 39.9 Å². The molecule has 10 heterocycles. The summed E-state index contributed by atoms with van der Waals surface area (Å²) in [5, 5.41) is 0. The van der Waals surface area contributed by atoms with Gasteiger partial charge in [0.25, 0.3) is 0 Å². The molecule has 16 bridgehead atoms. The number of benzene rings is 3. The molecule has 0 fully saturated rings. The molecule has 4 aliphatic rings. The summed E-state index contributed by atoms with van der Waals surface area (Å²) in [6.45, 7) is 13.3. The topological polar surface area (TPSA) is 108 Å². The van der Waals surface area contributed by atoms with Gasteiger partial charge < -0.3 is 19.9 Å². The molecule has 0 atom stereocenters. The summed E-state index contributed by atoms with van der Waals surface area (Å²) in [6, 6.07) is 46.9. The van der Waals surface area contributed by atoms with Crippen molar-refractivity contribution in [3.05, 3.63) is 201 Å². The Balaban J connectivity index is 0.00000337. The molecule has 0 radical (unpaired) electrons. The monoisotopic (exact) mass is 1140 g/mol. The van der Waals surface area contributed by atoms with E-state index < -0.39 is 0 Å². The Morgan fingerprint density at radius 1 is 0.325 bits per heavy atom. The Morgan fingerprint density at radius 2 is 0.662 bits per heavy atom. The molecule has 0 saturated heterocycles. The van der Waals surface area contributed by atoms with E-state index in [0.717, 1.165) is 171 Å². The summed E-state index contributed by atoms with van der Waals surface area (Å²) in [6.07, 6.45) is 20.8. The Morgan fingerprint density at radius 3 is 1.12 bits per heavy atom. The fraction of sp³-hybridized carbons (Fsp3) is 0.171. The third-order valence-electron chi connectivity index (χ3n) is 15.9. The number of nitrogens with zero attached hydrogens (tertiary/aromatic N) is 8. The van der Waals surface area contributed by atoms with Crippen molar-refractivity contribution >= 4 is 92.7 Å². The van der Waals surface area contributed by atoms with E-state index in [1.165, 1.54) is 11.1 Å². The molecular formula is C70H58N8Zn2.